The van der Waals surface area contributed by atoms with Gasteiger partial charge in [-0.3, -0.25) is 4.79 Å². The lowest BCUT2D eigenvalue weighted by Gasteiger charge is -2.34. The number of Topliss-reactive ketones (excluding diaryl/α,β-unsaturated/α-hetero) is 1. The van der Waals surface area contributed by atoms with E-state index in [1.54, 1.807) is 0 Å². The van der Waals surface area contributed by atoms with Gasteiger partial charge in [0.1, 0.15) is 11.6 Å². The number of carbonyl (C=O) groups excluding carboxylic acids is 1. The summed E-state index contributed by atoms with van der Waals surface area (Å²) in [6, 6.07) is 5.71. The third-order valence-electron chi connectivity index (χ3n) is 6.03. The summed E-state index contributed by atoms with van der Waals surface area (Å²) in [5.41, 5.74) is 2.16. The molecule has 2 aliphatic carbocycles. The smallest absolute Gasteiger partial charge is 0.147 e. The highest BCUT2D eigenvalue weighted by Crippen LogP contribution is 2.64. The molecular formula is C17H20N2O2. The lowest BCUT2D eigenvalue weighted by Crippen LogP contribution is -2.41. The number of ketones is 1. The summed E-state index contributed by atoms with van der Waals surface area (Å²) in [7, 11) is 0. The maximum atomic E-state index is 12.7. The number of aliphatic hydroxyl groups excluding tert-OH is 1. The van der Waals surface area contributed by atoms with Crippen molar-refractivity contribution in [3.05, 3.63) is 29.6 Å². The number of aromatic amines is 1. The molecule has 4 heteroatoms. The first-order valence-corrected chi connectivity index (χ1v) is 7.62. The number of benzene rings is 1. The standard InChI is InChI=1S/C17H20N2O2/c1-16(2)11-5-6-17(16,14(21)8-11)15-18-12-4-3-10(9-20)7-13(12)19-15/h3-4,7,11,20H,5-6,8-9H2,1-2H3,(H,18,19). The van der Waals surface area contributed by atoms with Crippen LogP contribution in [0.1, 0.15) is 44.5 Å². The van der Waals surface area contributed by atoms with Gasteiger partial charge in [-0.15, -0.1) is 0 Å². The van der Waals surface area contributed by atoms with E-state index in [4.69, 9.17) is 4.98 Å². The van der Waals surface area contributed by atoms with E-state index in [1.807, 2.05) is 18.2 Å². The summed E-state index contributed by atoms with van der Waals surface area (Å²) in [4.78, 5) is 20.8. The van der Waals surface area contributed by atoms with Gasteiger partial charge in [-0.05, 0) is 41.9 Å². The Labute approximate surface area is 123 Å². The summed E-state index contributed by atoms with van der Waals surface area (Å²) in [6.45, 7) is 4.44. The van der Waals surface area contributed by atoms with E-state index in [9.17, 15) is 9.90 Å². The van der Waals surface area contributed by atoms with E-state index in [1.165, 1.54) is 0 Å². The Balaban J connectivity index is 1.91. The summed E-state index contributed by atoms with van der Waals surface area (Å²) in [5, 5.41) is 9.26. The lowest BCUT2D eigenvalue weighted by atomic mass is 9.68. The summed E-state index contributed by atoms with van der Waals surface area (Å²) >= 11 is 0. The van der Waals surface area contributed by atoms with Crippen LogP contribution >= 0.6 is 0 Å². The van der Waals surface area contributed by atoms with E-state index < -0.39 is 5.41 Å². The van der Waals surface area contributed by atoms with Crippen LogP contribution in [0.25, 0.3) is 11.0 Å². The molecule has 2 aromatic rings. The SMILES string of the molecule is CC1(C)C2CCC1(c1nc3ccc(CO)cc3[nH]1)C(=O)C2. The highest BCUT2D eigenvalue weighted by molar-refractivity contribution is 5.95. The summed E-state index contributed by atoms with van der Waals surface area (Å²) in [5.74, 6) is 1.64. The number of imidazole rings is 1. The molecule has 110 valence electrons. The number of hydrogen-bond donors (Lipinski definition) is 2. The molecule has 0 amide bonds. The molecule has 21 heavy (non-hydrogen) atoms. The van der Waals surface area contributed by atoms with Gasteiger partial charge in [0.25, 0.3) is 0 Å². The third kappa shape index (κ3) is 1.43. The average molecular weight is 284 g/mol. The molecule has 0 saturated heterocycles. The summed E-state index contributed by atoms with van der Waals surface area (Å²) < 4.78 is 0. The zero-order valence-electron chi connectivity index (χ0n) is 12.4. The second-order valence-corrected chi connectivity index (χ2v) is 7.08. The molecule has 2 aliphatic rings. The first-order chi connectivity index (χ1) is 9.99. The second kappa shape index (κ2) is 3.95. The van der Waals surface area contributed by atoms with Crippen LogP contribution in [-0.4, -0.2) is 20.9 Å². The van der Waals surface area contributed by atoms with Crippen LogP contribution in [0.15, 0.2) is 18.2 Å². The molecule has 2 bridgehead atoms. The van der Waals surface area contributed by atoms with Crippen LogP contribution in [0.2, 0.25) is 0 Å². The van der Waals surface area contributed by atoms with Crippen molar-refractivity contribution < 1.29 is 9.90 Å². The number of aliphatic hydroxyl groups is 1. The molecular weight excluding hydrogens is 264 g/mol. The molecule has 0 aliphatic heterocycles. The van der Waals surface area contributed by atoms with Crippen molar-refractivity contribution in [1.29, 1.82) is 0 Å². The second-order valence-electron chi connectivity index (χ2n) is 7.08. The summed E-state index contributed by atoms with van der Waals surface area (Å²) in [6.07, 6.45) is 2.69. The monoisotopic (exact) mass is 284 g/mol. The van der Waals surface area contributed by atoms with Crippen molar-refractivity contribution in [3.63, 3.8) is 0 Å². The van der Waals surface area contributed by atoms with E-state index in [0.29, 0.717) is 18.1 Å². The number of nitrogens with zero attached hydrogens (tertiary/aromatic N) is 1. The highest BCUT2D eigenvalue weighted by atomic mass is 16.3. The van der Waals surface area contributed by atoms with Gasteiger partial charge < -0.3 is 10.1 Å². The van der Waals surface area contributed by atoms with Gasteiger partial charge in [0, 0.05) is 6.42 Å². The first-order valence-electron chi connectivity index (χ1n) is 7.62. The molecule has 4 rings (SSSR count). The van der Waals surface area contributed by atoms with Crippen LogP contribution in [0.4, 0.5) is 0 Å². The van der Waals surface area contributed by atoms with Gasteiger partial charge in [0.15, 0.2) is 0 Å². The fourth-order valence-corrected chi connectivity index (χ4v) is 4.59. The Morgan fingerprint density at radius 3 is 2.86 bits per heavy atom. The molecule has 1 aromatic heterocycles. The van der Waals surface area contributed by atoms with Gasteiger partial charge in [0.2, 0.25) is 0 Å². The van der Waals surface area contributed by atoms with Gasteiger partial charge in [-0.2, -0.15) is 0 Å². The maximum absolute atomic E-state index is 12.7. The number of carbonyl (C=O) groups is 1. The topological polar surface area (TPSA) is 66.0 Å². The van der Waals surface area contributed by atoms with Crippen LogP contribution in [0.5, 0.6) is 0 Å². The normalized spacial score (nSPS) is 30.4. The molecule has 2 N–H and O–H groups in total. The lowest BCUT2D eigenvalue weighted by molar-refractivity contribution is -0.124. The number of fused-ring (bicyclic) bond motifs is 3. The molecule has 4 nitrogen and oxygen atoms in total. The van der Waals surface area contributed by atoms with E-state index in [-0.39, 0.29) is 12.0 Å². The number of H-pyrrole nitrogens is 1. The molecule has 2 fully saturated rings. The van der Waals surface area contributed by atoms with Gasteiger partial charge >= 0.3 is 0 Å². The van der Waals surface area contributed by atoms with E-state index in [0.717, 1.165) is 35.3 Å². The third-order valence-corrected chi connectivity index (χ3v) is 6.03. The van der Waals surface area contributed by atoms with Crippen molar-refractivity contribution in [3.8, 4) is 0 Å². The number of nitrogens with one attached hydrogen (secondary N) is 1. The van der Waals surface area contributed by atoms with Crippen molar-refractivity contribution in [2.24, 2.45) is 11.3 Å². The van der Waals surface area contributed by atoms with Crippen LogP contribution < -0.4 is 0 Å². The predicted octanol–water partition coefficient (Wildman–Crippen LogP) is 2.70. The Bertz CT molecular complexity index is 746. The largest absolute Gasteiger partial charge is 0.392 e. The van der Waals surface area contributed by atoms with Crippen LogP contribution in [-0.2, 0) is 16.8 Å². The van der Waals surface area contributed by atoms with E-state index in [2.05, 4.69) is 18.8 Å². The quantitative estimate of drug-likeness (QED) is 0.891. The molecule has 2 unspecified atom stereocenters. The van der Waals surface area contributed by atoms with Crippen molar-refractivity contribution in [2.75, 3.05) is 0 Å². The molecule has 2 atom stereocenters. The number of rotatable bonds is 2. The average Bonchev–Trinajstić information content (AvgIpc) is 3.04. The first kappa shape index (κ1) is 13.0. The van der Waals surface area contributed by atoms with Gasteiger partial charge in [-0.25, -0.2) is 4.98 Å². The fraction of sp³-hybridized carbons (Fsp3) is 0.529. The minimum absolute atomic E-state index is 0.0158. The Kier molecular flexibility index (Phi) is 2.45. The van der Waals surface area contributed by atoms with Gasteiger partial charge in [0.05, 0.1) is 23.1 Å². The molecule has 0 spiro atoms. The van der Waals surface area contributed by atoms with E-state index >= 15 is 0 Å². The molecule has 2 saturated carbocycles. The Hall–Kier alpha value is -1.68. The van der Waals surface area contributed by atoms with Crippen LogP contribution in [0, 0.1) is 11.3 Å². The minimum atomic E-state index is -0.448. The van der Waals surface area contributed by atoms with Crippen molar-refractivity contribution >= 4 is 16.8 Å². The van der Waals surface area contributed by atoms with Crippen LogP contribution in [0.3, 0.4) is 0 Å². The molecule has 1 aromatic carbocycles. The predicted molar refractivity (Wildman–Crippen MR) is 79.8 cm³/mol. The zero-order chi connectivity index (χ0) is 14.8. The highest BCUT2D eigenvalue weighted by Gasteiger charge is 2.66. The number of hydrogen-bond acceptors (Lipinski definition) is 3. The molecule has 1 heterocycles. The zero-order valence-corrected chi connectivity index (χ0v) is 12.4. The Morgan fingerprint density at radius 2 is 2.24 bits per heavy atom. The Morgan fingerprint density at radius 1 is 1.43 bits per heavy atom. The maximum Gasteiger partial charge on any atom is 0.147 e. The minimum Gasteiger partial charge on any atom is -0.392 e. The molecule has 0 radical (unpaired) electrons. The van der Waals surface area contributed by atoms with Crippen molar-refractivity contribution in [1.82, 2.24) is 9.97 Å². The fourth-order valence-electron chi connectivity index (χ4n) is 4.59. The number of aromatic nitrogens is 2. The van der Waals surface area contributed by atoms with Crippen molar-refractivity contribution in [2.45, 2.75) is 45.1 Å². The van der Waals surface area contributed by atoms with Gasteiger partial charge in [-0.1, -0.05) is 19.9 Å².